The topological polar surface area (TPSA) is 51.8 Å². The lowest BCUT2D eigenvalue weighted by Crippen LogP contribution is -1.80. The summed E-state index contributed by atoms with van der Waals surface area (Å²) >= 11 is 4.93. The van der Waals surface area contributed by atoms with Gasteiger partial charge in [-0.3, -0.25) is 0 Å². The van der Waals surface area contributed by atoms with Gasteiger partial charge in [0, 0.05) is 5.56 Å². The molecule has 0 aliphatic heterocycles. The van der Waals surface area contributed by atoms with E-state index in [-0.39, 0.29) is 5.76 Å². The fourth-order valence-corrected chi connectivity index (χ4v) is 1.43. The fraction of sp³-hybridized carbons (Fsp3) is 0. The average molecular weight is 192 g/mol. The van der Waals surface area contributed by atoms with Crippen molar-refractivity contribution in [3.63, 3.8) is 0 Å². The molecule has 1 aromatic heterocycles. The highest BCUT2D eigenvalue weighted by atomic mass is 32.1. The van der Waals surface area contributed by atoms with Crippen molar-refractivity contribution < 1.29 is 5.11 Å². The van der Waals surface area contributed by atoms with Gasteiger partial charge >= 0.3 is 0 Å². The Hall–Kier alpha value is -1.55. The molecule has 0 aliphatic rings. The monoisotopic (exact) mass is 192 g/mol. The summed E-state index contributed by atoms with van der Waals surface area (Å²) in [5.74, 6) is 0.0578. The number of hydrogen-bond donors (Lipinski definition) is 3. The van der Waals surface area contributed by atoms with Gasteiger partial charge in [-0.2, -0.15) is 0 Å². The Bertz CT molecular complexity index is 524. The van der Waals surface area contributed by atoms with Crippen molar-refractivity contribution in [1.82, 2.24) is 9.97 Å². The van der Waals surface area contributed by atoms with Crippen LogP contribution in [0.2, 0.25) is 0 Å². The second-order valence-corrected chi connectivity index (χ2v) is 3.19. The van der Waals surface area contributed by atoms with E-state index in [1.165, 1.54) is 0 Å². The SMILES string of the molecule is C=C(O)c1ccc2[nH]c(=S)[nH]c2c1. The molecule has 3 nitrogen and oxygen atoms in total. The number of hydrogen-bond acceptors (Lipinski definition) is 2. The molecular formula is C9H8N2OS. The number of benzene rings is 1. The minimum Gasteiger partial charge on any atom is -0.508 e. The molecule has 13 heavy (non-hydrogen) atoms. The van der Waals surface area contributed by atoms with E-state index in [2.05, 4.69) is 16.5 Å². The molecule has 2 aromatic rings. The van der Waals surface area contributed by atoms with Gasteiger partial charge in [-0.1, -0.05) is 6.58 Å². The highest BCUT2D eigenvalue weighted by Crippen LogP contribution is 2.16. The van der Waals surface area contributed by atoms with E-state index in [0.717, 1.165) is 11.0 Å². The smallest absolute Gasteiger partial charge is 0.175 e. The molecule has 0 spiro atoms. The number of imidazole rings is 1. The van der Waals surface area contributed by atoms with Crippen molar-refractivity contribution >= 4 is 29.0 Å². The Balaban J connectivity index is 2.74. The van der Waals surface area contributed by atoms with E-state index in [1.807, 2.05) is 6.07 Å². The van der Waals surface area contributed by atoms with Gasteiger partial charge in [0.15, 0.2) is 4.77 Å². The minimum atomic E-state index is 0.0578. The van der Waals surface area contributed by atoms with Gasteiger partial charge in [0.25, 0.3) is 0 Å². The zero-order valence-electron chi connectivity index (χ0n) is 6.79. The third-order valence-electron chi connectivity index (χ3n) is 1.85. The third-order valence-corrected chi connectivity index (χ3v) is 2.05. The van der Waals surface area contributed by atoms with E-state index in [9.17, 15) is 0 Å². The zero-order chi connectivity index (χ0) is 9.42. The van der Waals surface area contributed by atoms with Crippen LogP contribution in [-0.2, 0) is 0 Å². The first kappa shape index (κ1) is 8.07. The summed E-state index contributed by atoms with van der Waals surface area (Å²) in [7, 11) is 0. The molecule has 0 atom stereocenters. The van der Waals surface area contributed by atoms with Gasteiger partial charge in [0.05, 0.1) is 11.0 Å². The second kappa shape index (κ2) is 2.74. The van der Waals surface area contributed by atoms with Gasteiger partial charge < -0.3 is 15.1 Å². The van der Waals surface area contributed by atoms with Gasteiger partial charge in [0.1, 0.15) is 5.76 Å². The molecule has 0 saturated heterocycles. The number of aromatic amines is 2. The first-order valence-electron chi connectivity index (χ1n) is 3.77. The minimum absolute atomic E-state index is 0.0578. The summed E-state index contributed by atoms with van der Waals surface area (Å²) in [6, 6.07) is 5.42. The number of rotatable bonds is 1. The van der Waals surface area contributed by atoms with Crippen molar-refractivity contribution in [3.05, 3.63) is 35.1 Å². The van der Waals surface area contributed by atoms with Crippen LogP contribution in [0.3, 0.4) is 0 Å². The second-order valence-electron chi connectivity index (χ2n) is 2.79. The van der Waals surface area contributed by atoms with Crippen LogP contribution in [0.5, 0.6) is 0 Å². The van der Waals surface area contributed by atoms with E-state index < -0.39 is 0 Å². The summed E-state index contributed by atoms with van der Waals surface area (Å²) in [6.07, 6.45) is 0. The summed E-state index contributed by atoms with van der Waals surface area (Å²) in [5.41, 5.74) is 2.49. The van der Waals surface area contributed by atoms with Crippen LogP contribution in [0.15, 0.2) is 24.8 Å². The highest BCUT2D eigenvalue weighted by Gasteiger charge is 1.99. The third kappa shape index (κ3) is 1.36. The lowest BCUT2D eigenvalue weighted by Gasteiger charge is -1.96. The lowest BCUT2D eigenvalue weighted by molar-refractivity contribution is 0.514. The van der Waals surface area contributed by atoms with E-state index in [0.29, 0.717) is 10.3 Å². The molecule has 1 heterocycles. The van der Waals surface area contributed by atoms with Crippen molar-refractivity contribution in [2.75, 3.05) is 0 Å². The van der Waals surface area contributed by atoms with Crippen molar-refractivity contribution in [2.45, 2.75) is 0 Å². The number of aliphatic hydroxyl groups excluding tert-OH is 1. The molecule has 0 unspecified atom stereocenters. The summed E-state index contributed by atoms with van der Waals surface area (Å²) in [5, 5.41) is 9.15. The summed E-state index contributed by atoms with van der Waals surface area (Å²) in [6.45, 7) is 3.44. The maximum Gasteiger partial charge on any atom is 0.175 e. The molecule has 0 bridgehead atoms. The fourth-order valence-electron chi connectivity index (χ4n) is 1.21. The van der Waals surface area contributed by atoms with Crippen LogP contribution in [0.1, 0.15) is 5.56 Å². The predicted molar refractivity (Wildman–Crippen MR) is 55.1 cm³/mol. The molecular weight excluding hydrogens is 184 g/mol. The molecule has 4 heteroatoms. The zero-order valence-corrected chi connectivity index (χ0v) is 7.61. The number of nitrogens with one attached hydrogen (secondary N) is 2. The highest BCUT2D eigenvalue weighted by molar-refractivity contribution is 7.71. The largest absolute Gasteiger partial charge is 0.508 e. The number of H-pyrrole nitrogens is 2. The maximum atomic E-state index is 9.15. The molecule has 3 N–H and O–H groups in total. The van der Waals surface area contributed by atoms with Crippen molar-refractivity contribution in [3.8, 4) is 0 Å². The number of aromatic nitrogens is 2. The first-order chi connectivity index (χ1) is 6.16. The molecule has 1 aromatic carbocycles. The van der Waals surface area contributed by atoms with Crippen LogP contribution in [0.25, 0.3) is 16.8 Å². The van der Waals surface area contributed by atoms with Gasteiger partial charge in [-0.05, 0) is 30.4 Å². The van der Waals surface area contributed by atoms with E-state index in [1.54, 1.807) is 12.1 Å². The average Bonchev–Trinajstić information content (AvgIpc) is 2.42. The van der Waals surface area contributed by atoms with E-state index in [4.69, 9.17) is 17.3 Å². The van der Waals surface area contributed by atoms with Gasteiger partial charge in [-0.25, -0.2) is 0 Å². The lowest BCUT2D eigenvalue weighted by atomic mass is 10.2. The normalized spacial score (nSPS) is 10.5. The Morgan fingerprint density at radius 3 is 2.69 bits per heavy atom. The standard InChI is InChI=1S/C9H8N2OS/c1-5(12)6-2-3-7-8(4-6)11-9(13)10-7/h2-4,12H,1H2,(H2,10,11,13). The molecule has 2 rings (SSSR count). The Labute approximate surface area is 79.7 Å². The summed E-state index contributed by atoms with van der Waals surface area (Å²) in [4.78, 5) is 5.93. The Morgan fingerprint density at radius 1 is 1.31 bits per heavy atom. The summed E-state index contributed by atoms with van der Waals surface area (Å²) < 4.78 is 0.579. The molecule has 0 saturated carbocycles. The number of aliphatic hydroxyl groups is 1. The van der Waals surface area contributed by atoms with Crippen molar-refractivity contribution in [1.29, 1.82) is 0 Å². The maximum absolute atomic E-state index is 9.15. The Kier molecular flexibility index (Phi) is 1.70. The van der Waals surface area contributed by atoms with Crippen LogP contribution in [0.4, 0.5) is 0 Å². The van der Waals surface area contributed by atoms with E-state index >= 15 is 0 Å². The first-order valence-corrected chi connectivity index (χ1v) is 4.18. The molecule has 66 valence electrons. The predicted octanol–water partition coefficient (Wildman–Crippen LogP) is 2.75. The molecule has 0 fully saturated rings. The Morgan fingerprint density at radius 2 is 2.00 bits per heavy atom. The number of fused-ring (bicyclic) bond motifs is 1. The van der Waals surface area contributed by atoms with Gasteiger partial charge in [-0.15, -0.1) is 0 Å². The molecule has 0 radical (unpaired) electrons. The van der Waals surface area contributed by atoms with Crippen LogP contribution >= 0.6 is 12.2 Å². The molecule has 0 amide bonds. The van der Waals surface area contributed by atoms with Gasteiger partial charge in [0.2, 0.25) is 0 Å². The van der Waals surface area contributed by atoms with Crippen molar-refractivity contribution in [2.24, 2.45) is 0 Å². The van der Waals surface area contributed by atoms with Crippen LogP contribution in [0, 0.1) is 4.77 Å². The quantitative estimate of drug-likeness (QED) is 0.480. The van der Waals surface area contributed by atoms with Crippen LogP contribution in [-0.4, -0.2) is 15.1 Å². The molecule has 0 aliphatic carbocycles. The van der Waals surface area contributed by atoms with Crippen LogP contribution < -0.4 is 0 Å².